The molecule has 0 unspecified atom stereocenters. The molecule has 2 rings (SSSR count). The van der Waals surface area contributed by atoms with Crippen LogP contribution in [0.5, 0.6) is 0 Å². The largest absolute Gasteiger partial charge is 0.368 e. The van der Waals surface area contributed by atoms with Gasteiger partial charge in [-0.1, -0.05) is 12.8 Å². The Balaban J connectivity index is 1.96. The molecule has 2 heteroatoms. The highest BCUT2D eigenvalue weighted by Crippen LogP contribution is 2.38. The van der Waals surface area contributed by atoms with Gasteiger partial charge in [-0.2, -0.15) is 0 Å². The fraction of sp³-hybridized carbons (Fsp3) is 1.00. The van der Waals surface area contributed by atoms with Crippen molar-refractivity contribution in [1.82, 2.24) is 5.32 Å². The van der Waals surface area contributed by atoms with Crippen LogP contribution in [0.15, 0.2) is 0 Å². The molecule has 15 heavy (non-hydrogen) atoms. The first-order chi connectivity index (χ1) is 6.89. The summed E-state index contributed by atoms with van der Waals surface area (Å²) < 4.78 is 6.10. The molecule has 0 radical (unpaired) electrons. The molecule has 0 amide bonds. The van der Waals surface area contributed by atoms with Crippen molar-refractivity contribution in [2.75, 3.05) is 0 Å². The van der Waals surface area contributed by atoms with Crippen LogP contribution >= 0.6 is 0 Å². The maximum Gasteiger partial charge on any atom is 0.0787 e. The highest BCUT2D eigenvalue weighted by molar-refractivity contribution is 5.00. The Hall–Kier alpha value is -0.0800. The van der Waals surface area contributed by atoms with Gasteiger partial charge >= 0.3 is 0 Å². The van der Waals surface area contributed by atoms with E-state index in [1.54, 1.807) is 0 Å². The standard InChI is InChI=1S/C13H25NO/c1-12(2)9-11(13(3,4)15-12)14-10-7-5-6-8-10/h10-11,14H,5-9H2,1-4H3/t11-/m1/s1. The van der Waals surface area contributed by atoms with E-state index >= 15 is 0 Å². The molecule has 0 bridgehead atoms. The molecular formula is C13H25NO. The third-order valence-electron chi connectivity index (χ3n) is 3.87. The van der Waals surface area contributed by atoms with Crippen LogP contribution in [0, 0.1) is 0 Å². The predicted molar refractivity (Wildman–Crippen MR) is 63.0 cm³/mol. The molecule has 1 saturated carbocycles. The second-order valence-corrected chi connectivity index (χ2v) is 6.37. The Morgan fingerprint density at radius 3 is 2.13 bits per heavy atom. The molecule has 0 aromatic heterocycles. The molecule has 1 saturated heterocycles. The fourth-order valence-electron chi connectivity index (χ4n) is 3.20. The number of hydrogen-bond acceptors (Lipinski definition) is 2. The van der Waals surface area contributed by atoms with Crippen LogP contribution in [0.25, 0.3) is 0 Å². The lowest BCUT2D eigenvalue weighted by atomic mass is 9.93. The van der Waals surface area contributed by atoms with Gasteiger partial charge in [0.25, 0.3) is 0 Å². The summed E-state index contributed by atoms with van der Waals surface area (Å²) in [6.07, 6.45) is 6.64. The summed E-state index contributed by atoms with van der Waals surface area (Å²) in [5.74, 6) is 0. The van der Waals surface area contributed by atoms with Gasteiger partial charge in [0, 0.05) is 12.1 Å². The quantitative estimate of drug-likeness (QED) is 0.758. The van der Waals surface area contributed by atoms with E-state index in [1.807, 2.05) is 0 Å². The molecule has 1 heterocycles. The molecule has 1 N–H and O–H groups in total. The fourth-order valence-corrected chi connectivity index (χ4v) is 3.20. The van der Waals surface area contributed by atoms with E-state index in [-0.39, 0.29) is 11.2 Å². The summed E-state index contributed by atoms with van der Waals surface area (Å²) in [5, 5.41) is 3.80. The first-order valence-corrected chi connectivity index (χ1v) is 6.35. The Labute approximate surface area is 93.8 Å². The molecule has 1 aliphatic heterocycles. The predicted octanol–water partition coefficient (Wildman–Crippen LogP) is 2.86. The van der Waals surface area contributed by atoms with Crippen LogP contribution in [0.4, 0.5) is 0 Å². The van der Waals surface area contributed by atoms with Gasteiger partial charge in [-0.15, -0.1) is 0 Å². The Bertz CT molecular complexity index is 229. The van der Waals surface area contributed by atoms with Crippen molar-refractivity contribution in [2.45, 2.75) is 83.1 Å². The summed E-state index contributed by atoms with van der Waals surface area (Å²) in [7, 11) is 0. The van der Waals surface area contributed by atoms with Crippen molar-refractivity contribution >= 4 is 0 Å². The van der Waals surface area contributed by atoms with E-state index in [9.17, 15) is 0 Å². The van der Waals surface area contributed by atoms with Crippen molar-refractivity contribution in [3.8, 4) is 0 Å². The lowest BCUT2D eigenvalue weighted by Crippen LogP contribution is -2.47. The number of rotatable bonds is 2. The van der Waals surface area contributed by atoms with Crippen LogP contribution in [-0.2, 0) is 4.74 Å². The SMILES string of the molecule is CC1(C)C[C@@H](NC2CCCC2)C(C)(C)O1. The van der Waals surface area contributed by atoms with Gasteiger partial charge in [0.2, 0.25) is 0 Å². The maximum atomic E-state index is 6.10. The van der Waals surface area contributed by atoms with Gasteiger partial charge in [0.1, 0.15) is 0 Å². The molecule has 0 aromatic carbocycles. The molecule has 2 aliphatic rings. The monoisotopic (exact) mass is 211 g/mol. The Kier molecular flexibility index (Phi) is 2.85. The second kappa shape index (κ2) is 3.74. The minimum atomic E-state index is -0.00785. The van der Waals surface area contributed by atoms with Gasteiger partial charge in [-0.25, -0.2) is 0 Å². The average Bonchev–Trinajstić information content (AvgIpc) is 2.58. The zero-order valence-corrected chi connectivity index (χ0v) is 10.6. The smallest absolute Gasteiger partial charge is 0.0787 e. The first kappa shape index (κ1) is 11.4. The van der Waals surface area contributed by atoms with Crippen molar-refractivity contribution in [3.63, 3.8) is 0 Å². The van der Waals surface area contributed by atoms with E-state index in [2.05, 4.69) is 33.0 Å². The summed E-state index contributed by atoms with van der Waals surface area (Å²) in [6, 6.07) is 1.27. The molecule has 1 aliphatic carbocycles. The second-order valence-electron chi connectivity index (χ2n) is 6.37. The van der Waals surface area contributed by atoms with Crippen molar-refractivity contribution in [2.24, 2.45) is 0 Å². The van der Waals surface area contributed by atoms with Crippen molar-refractivity contribution in [3.05, 3.63) is 0 Å². The van der Waals surface area contributed by atoms with Crippen LogP contribution in [-0.4, -0.2) is 23.3 Å². The van der Waals surface area contributed by atoms with Gasteiger partial charge < -0.3 is 10.1 Å². The van der Waals surface area contributed by atoms with Gasteiger partial charge in [-0.05, 0) is 47.0 Å². The average molecular weight is 211 g/mol. The van der Waals surface area contributed by atoms with Crippen LogP contribution in [0.2, 0.25) is 0 Å². The summed E-state index contributed by atoms with van der Waals surface area (Å²) >= 11 is 0. The third-order valence-corrected chi connectivity index (χ3v) is 3.87. The summed E-state index contributed by atoms with van der Waals surface area (Å²) in [4.78, 5) is 0. The maximum absolute atomic E-state index is 6.10. The van der Waals surface area contributed by atoms with E-state index < -0.39 is 0 Å². The lowest BCUT2D eigenvalue weighted by Gasteiger charge is -2.29. The van der Waals surface area contributed by atoms with Crippen molar-refractivity contribution in [1.29, 1.82) is 0 Å². The molecular weight excluding hydrogens is 186 g/mol. The van der Waals surface area contributed by atoms with Gasteiger partial charge in [-0.3, -0.25) is 0 Å². The molecule has 2 nitrogen and oxygen atoms in total. The third kappa shape index (κ3) is 2.54. The molecule has 0 spiro atoms. The topological polar surface area (TPSA) is 21.3 Å². The minimum Gasteiger partial charge on any atom is -0.368 e. The molecule has 1 atom stereocenters. The summed E-state index contributed by atoms with van der Waals surface area (Å²) in [5.41, 5.74) is 0.0336. The lowest BCUT2D eigenvalue weighted by molar-refractivity contribution is -0.0704. The molecule has 0 aromatic rings. The zero-order chi connectivity index (χ0) is 11.1. The Morgan fingerprint density at radius 1 is 1.07 bits per heavy atom. The number of nitrogens with one attached hydrogen (secondary N) is 1. The highest BCUT2D eigenvalue weighted by atomic mass is 16.5. The van der Waals surface area contributed by atoms with E-state index in [1.165, 1.54) is 25.7 Å². The van der Waals surface area contributed by atoms with Gasteiger partial charge in [0.15, 0.2) is 0 Å². The van der Waals surface area contributed by atoms with Gasteiger partial charge in [0.05, 0.1) is 11.2 Å². The summed E-state index contributed by atoms with van der Waals surface area (Å²) in [6.45, 7) is 8.83. The molecule has 2 fully saturated rings. The van der Waals surface area contributed by atoms with E-state index in [0.29, 0.717) is 6.04 Å². The first-order valence-electron chi connectivity index (χ1n) is 6.35. The highest BCUT2D eigenvalue weighted by Gasteiger charge is 2.46. The zero-order valence-electron chi connectivity index (χ0n) is 10.6. The van der Waals surface area contributed by atoms with Crippen LogP contribution in [0.1, 0.15) is 59.8 Å². The number of hydrogen-bond donors (Lipinski definition) is 1. The molecule has 88 valence electrons. The van der Waals surface area contributed by atoms with Crippen LogP contribution < -0.4 is 5.32 Å². The van der Waals surface area contributed by atoms with Crippen LogP contribution in [0.3, 0.4) is 0 Å². The Morgan fingerprint density at radius 2 is 1.67 bits per heavy atom. The normalized spacial score (nSPS) is 34.8. The van der Waals surface area contributed by atoms with Crippen molar-refractivity contribution < 1.29 is 4.74 Å². The van der Waals surface area contributed by atoms with E-state index in [0.717, 1.165) is 12.5 Å². The van der Waals surface area contributed by atoms with E-state index in [4.69, 9.17) is 4.74 Å². The number of ether oxygens (including phenoxy) is 1. The minimum absolute atomic E-state index is 0.00785.